The number of aromatic nitrogens is 3. The van der Waals surface area contributed by atoms with Gasteiger partial charge in [-0.3, -0.25) is 9.20 Å². The van der Waals surface area contributed by atoms with E-state index in [1.54, 1.807) is 24.3 Å². The number of nitrogens with one attached hydrogen (secondary N) is 1. The molecule has 0 saturated heterocycles. The number of fused-ring (bicyclic) bond motifs is 3. The van der Waals surface area contributed by atoms with Gasteiger partial charge in [-0.15, -0.1) is 10.2 Å². The largest absolute Gasteiger partial charge is 0.326 e. The molecule has 0 saturated carbocycles. The lowest BCUT2D eigenvalue weighted by atomic mass is 10.1. The number of hydrogen-bond acceptors (Lipinski definition) is 4. The van der Waals surface area contributed by atoms with Crippen LogP contribution in [-0.2, 0) is 4.79 Å². The van der Waals surface area contributed by atoms with Gasteiger partial charge >= 0.3 is 0 Å². The molecule has 0 aliphatic carbocycles. The van der Waals surface area contributed by atoms with E-state index in [4.69, 9.17) is 11.6 Å². The van der Waals surface area contributed by atoms with Crippen molar-refractivity contribution in [1.29, 1.82) is 0 Å². The molecular formula is C20H17ClN4OS. The van der Waals surface area contributed by atoms with Crippen molar-refractivity contribution < 1.29 is 4.79 Å². The summed E-state index contributed by atoms with van der Waals surface area (Å²) in [6.07, 6.45) is 0.381. The van der Waals surface area contributed by atoms with E-state index >= 15 is 0 Å². The van der Waals surface area contributed by atoms with E-state index in [2.05, 4.69) is 34.6 Å². The molecule has 0 fully saturated rings. The number of aryl methyl sites for hydroxylation is 1. The summed E-state index contributed by atoms with van der Waals surface area (Å²) in [7, 11) is 0. The highest BCUT2D eigenvalue weighted by molar-refractivity contribution is 7.99. The number of anilines is 1. The van der Waals surface area contributed by atoms with Gasteiger partial charge in [-0.1, -0.05) is 41.6 Å². The first-order valence-electron chi connectivity index (χ1n) is 8.53. The van der Waals surface area contributed by atoms with Gasteiger partial charge in [0.2, 0.25) is 5.91 Å². The molecule has 4 rings (SSSR count). The standard InChI is InChI=1S/C20H17ClN4OS/c1-13-12-18-23-24-20(25(18)17-5-3-2-4-16(13)17)27-11-10-19(26)22-15-8-6-14(21)7-9-15/h2-9,12H,10-11H2,1H3,(H,22,26). The van der Waals surface area contributed by atoms with E-state index < -0.39 is 0 Å². The zero-order valence-corrected chi connectivity index (χ0v) is 16.2. The van der Waals surface area contributed by atoms with E-state index in [9.17, 15) is 4.79 Å². The SMILES string of the molecule is Cc1cc2nnc(SCCC(=O)Nc3ccc(Cl)cc3)n2c2ccccc12. The summed E-state index contributed by atoms with van der Waals surface area (Å²) in [5.74, 6) is 0.571. The molecule has 4 aromatic rings. The number of carbonyl (C=O) groups excluding carboxylic acids is 1. The molecule has 0 aliphatic rings. The summed E-state index contributed by atoms with van der Waals surface area (Å²) in [5.41, 5.74) is 3.80. The van der Waals surface area contributed by atoms with Crippen LogP contribution < -0.4 is 5.32 Å². The number of nitrogens with zero attached hydrogens (tertiary/aromatic N) is 3. The molecule has 0 unspecified atom stereocenters. The Hall–Kier alpha value is -2.57. The van der Waals surface area contributed by atoms with Gasteiger partial charge in [0.1, 0.15) is 0 Å². The third-order valence-electron chi connectivity index (χ3n) is 4.26. The van der Waals surface area contributed by atoms with Crippen LogP contribution >= 0.6 is 23.4 Å². The zero-order valence-electron chi connectivity index (χ0n) is 14.6. The zero-order chi connectivity index (χ0) is 18.8. The van der Waals surface area contributed by atoms with Gasteiger partial charge in [0.25, 0.3) is 0 Å². The van der Waals surface area contributed by atoms with Gasteiger partial charge in [-0.2, -0.15) is 0 Å². The van der Waals surface area contributed by atoms with Gasteiger partial charge < -0.3 is 5.32 Å². The Balaban J connectivity index is 1.47. The molecule has 7 heteroatoms. The maximum atomic E-state index is 12.1. The second kappa shape index (κ2) is 7.58. The molecule has 2 aromatic carbocycles. The number of para-hydroxylation sites is 1. The number of halogens is 1. The molecule has 2 aromatic heterocycles. The van der Waals surface area contributed by atoms with E-state index in [1.807, 2.05) is 22.6 Å². The molecule has 5 nitrogen and oxygen atoms in total. The number of rotatable bonds is 5. The maximum Gasteiger partial charge on any atom is 0.225 e. The summed E-state index contributed by atoms with van der Waals surface area (Å²) in [5, 5.41) is 14.1. The van der Waals surface area contributed by atoms with Crippen LogP contribution in [0.25, 0.3) is 16.6 Å². The van der Waals surface area contributed by atoms with Crippen LogP contribution in [0.5, 0.6) is 0 Å². The van der Waals surface area contributed by atoms with Gasteiger partial charge in [-0.25, -0.2) is 0 Å². The Bertz CT molecular complexity index is 1120. The molecule has 1 N–H and O–H groups in total. The lowest BCUT2D eigenvalue weighted by molar-refractivity contribution is -0.115. The first kappa shape index (κ1) is 17.8. The number of benzene rings is 2. The molecule has 0 atom stereocenters. The molecule has 1 amide bonds. The van der Waals surface area contributed by atoms with Crippen molar-refractivity contribution in [3.05, 3.63) is 65.2 Å². The van der Waals surface area contributed by atoms with Gasteiger partial charge in [0.15, 0.2) is 10.8 Å². The van der Waals surface area contributed by atoms with Crippen molar-refractivity contribution in [3.8, 4) is 0 Å². The Labute approximate surface area is 165 Å². The molecule has 0 aliphatic heterocycles. The van der Waals surface area contributed by atoms with Crippen LogP contribution in [0.3, 0.4) is 0 Å². The average Bonchev–Trinajstić information content (AvgIpc) is 3.07. The van der Waals surface area contributed by atoms with Crippen LogP contribution in [-0.4, -0.2) is 26.3 Å². The predicted octanol–water partition coefficient (Wildman–Crippen LogP) is 4.97. The van der Waals surface area contributed by atoms with E-state index in [-0.39, 0.29) is 5.91 Å². The number of amides is 1. The van der Waals surface area contributed by atoms with Crippen molar-refractivity contribution in [2.75, 3.05) is 11.1 Å². The summed E-state index contributed by atoms with van der Waals surface area (Å²) in [4.78, 5) is 12.1. The van der Waals surface area contributed by atoms with Crippen molar-refractivity contribution in [2.45, 2.75) is 18.5 Å². The number of hydrogen-bond donors (Lipinski definition) is 1. The van der Waals surface area contributed by atoms with E-state index in [1.165, 1.54) is 22.7 Å². The Morgan fingerprint density at radius 3 is 2.74 bits per heavy atom. The number of carbonyl (C=O) groups is 1. The quantitative estimate of drug-likeness (QED) is 0.484. The Morgan fingerprint density at radius 1 is 1.15 bits per heavy atom. The maximum absolute atomic E-state index is 12.1. The molecule has 2 heterocycles. The first-order chi connectivity index (χ1) is 13.1. The number of thioether (sulfide) groups is 1. The summed E-state index contributed by atoms with van der Waals surface area (Å²) < 4.78 is 2.05. The third-order valence-corrected chi connectivity index (χ3v) is 5.44. The monoisotopic (exact) mass is 396 g/mol. The van der Waals surface area contributed by atoms with Crippen molar-refractivity contribution in [3.63, 3.8) is 0 Å². The van der Waals surface area contributed by atoms with Crippen molar-refractivity contribution in [1.82, 2.24) is 14.6 Å². The van der Waals surface area contributed by atoms with E-state index in [0.717, 1.165) is 22.0 Å². The number of pyridine rings is 1. The molecule has 0 bridgehead atoms. The minimum atomic E-state index is -0.0423. The van der Waals surface area contributed by atoms with Gasteiger partial charge in [0, 0.05) is 28.3 Å². The summed E-state index contributed by atoms with van der Waals surface area (Å²) in [6, 6.07) is 17.3. The first-order valence-corrected chi connectivity index (χ1v) is 9.90. The van der Waals surface area contributed by atoms with Gasteiger partial charge in [-0.05, 0) is 48.9 Å². The van der Waals surface area contributed by atoms with Crippen molar-refractivity contribution >= 4 is 51.5 Å². The molecule has 0 spiro atoms. The second-order valence-corrected chi connectivity index (χ2v) is 7.67. The fourth-order valence-corrected chi connectivity index (χ4v) is 3.98. The topological polar surface area (TPSA) is 59.3 Å². The van der Waals surface area contributed by atoms with Crippen LogP contribution in [0.1, 0.15) is 12.0 Å². The smallest absolute Gasteiger partial charge is 0.225 e. The Kier molecular flexibility index (Phi) is 5.01. The Morgan fingerprint density at radius 2 is 1.93 bits per heavy atom. The highest BCUT2D eigenvalue weighted by Gasteiger charge is 2.12. The van der Waals surface area contributed by atoms with Crippen LogP contribution in [0, 0.1) is 6.92 Å². The predicted molar refractivity (Wildman–Crippen MR) is 111 cm³/mol. The highest BCUT2D eigenvalue weighted by atomic mass is 35.5. The van der Waals surface area contributed by atoms with Crippen LogP contribution in [0.4, 0.5) is 5.69 Å². The summed E-state index contributed by atoms with van der Waals surface area (Å²) >= 11 is 7.38. The van der Waals surface area contributed by atoms with E-state index in [0.29, 0.717) is 17.2 Å². The molecular weight excluding hydrogens is 380 g/mol. The summed E-state index contributed by atoms with van der Waals surface area (Å²) in [6.45, 7) is 2.07. The molecule has 0 radical (unpaired) electrons. The fraction of sp³-hybridized carbons (Fsp3) is 0.150. The minimum Gasteiger partial charge on any atom is -0.326 e. The molecule has 136 valence electrons. The second-order valence-electron chi connectivity index (χ2n) is 6.17. The fourth-order valence-electron chi connectivity index (χ4n) is 2.96. The third kappa shape index (κ3) is 3.77. The lowest BCUT2D eigenvalue weighted by Gasteiger charge is -2.07. The van der Waals surface area contributed by atoms with Crippen LogP contribution in [0.2, 0.25) is 5.02 Å². The van der Waals surface area contributed by atoms with Gasteiger partial charge in [0.05, 0.1) is 5.52 Å². The minimum absolute atomic E-state index is 0.0423. The highest BCUT2D eigenvalue weighted by Crippen LogP contribution is 2.26. The normalized spacial score (nSPS) is 11.2. The average molecular weight is 397 g/mol. The molecule has 27 heavy (non-hydrogen) atoms. The van der Waals surface area contributed by atoms with Crippen LogP contribution in [0.15, 0.2) is 59.8 Å². The lowest BCUT2D eigenvalue weighted by Crippen LogP contribution is -2.12. The van der Waals surface area contributed by atoms with Crippen molar-refractivity contribution in [2.24, 2.45) is 0 Å².